The molecule has 0 aliphatic rings. The summed E-state index contributed by atoms with van der Waals surface area (Å²) in [6.45, 7) is 5.10. The molecule has 0 fully saturated rings. The minimum absolute atomic E-state index is 0.0909. The van der Waals surface area contributed by atoms with Crippen molar-refractivity contribution >= 4 is 11.9 Å². The molecule has 1 rings (SSSR count). The molecule has 0 heterocycles. The molecule has 0 bridgehead atoms. The van der Waals surface area contributed by atoms with Gasteiger partial charge in [-0.25, -0.2) is 4.79 Å². The zero-order valence-corrected chi connectivity index (χ0v) is 10.6. The van der Waals surface area contributed by atoms with E-state index in [1.165, 1.54) is 12.1 Å². The molecule has 1 aromatic rings. The lowest BCUT2D eigenvalue weighted by atomic mass is 9.81. The molecule has 0 amide bonds. The summed E-state index contributed by atoms with van der Waals surface area (Å²) in [7, 11) is 0. The van der Waals surface area contributed by atoms with Gasteiger partial charge in [0.25, 0.3) is 0 Å². The van der Waals surface area contributed by atoms with Crippen molar-refractivity contribution in [2.24, 2.45) is 5.92 Å². The number of aliphatic carboxylic acids is 1. The number of carbonyl (C=O) groups excluding carboxylic acids is 1. The maximum absolute atomic E-state index is 11.8. The van der Waals surface area contributed by atoms with Crippen LogP contribution in [0.25, 0.3) is 0 Å². The van der Waals surface area contributed by atoms with E-state index in [0.717, 1.165) is 6.08 Å². The van der Waals surface area contributed by atoms with Crippen molar-refractivity contribution in [1.82, 2.24) is 0 Å². The van der Waals surface area contributed by atoms with Crippen molar-refractivity contribution in [2.75, 3.05) is 6.61 Å². The topological polar surface area (TPSA) is 83.8 Å². The summed E-state index contributed by atoms with van der Waals surface area (Å²) in [5.41, 5.74) is -2.30. The lowest BCUT2D eigenvalue weighted by Gasteiger charge is -2.29. The van der Waals surface area contributed by atoms with Crippen LogP contribution in [0.1, 0.15) is 12.5 Å². The van der Waals surface area contributed by atoms with E-state index >= 15 is 0 Å². The highest BCUT2D eigenvalue weighted by Gasteiger charge is 2.48. The number of ether oxygens (including phenoxy) is 1. The molecule has 1 aromatic carbocycles. The molecule has 0 spiro atoms. The SMILES string of the molecule is C=C[C@H](C(=O)OCC)[C@@](O)(C(=O)O)c1ccccc1. The highest BCUT2D eigenvalue weighted by atomic mass is 16.5. The van der Waals surface area contributed by atoms with Crippen LogP contribution < -0.4 is 0 Å². The molecular formula is C14H16O5. The van der Waals surface area contributed by atoms with Crippen LogP contribution in [0.3, 0.4) is 0 Å². The van der Waals surface area contributed by atoms with Crippen LogP contribution in [-0.2, 0) is 19.9 Å². The number of benzene rings is 1. The molecule has 0 saturated heterocycles. The smallest absolute Gasteiger partial charge is 0.341 e. The number of aliphatic hydroxyl groups is 1. The molecule has 0 unspecified atom stereocenters. The van der Waals surface area contributed by atoms with Crippen LogP contribution in [0.2, 0.25) is 0 Å². The highest BCUT2D eigenvalue weighted by Crippen LogP contribution is 2.32. The summed E-state index contributed by atoms with van der Waals surface area (Å²) in [6, 6.07) is 7.70. The average Bonchev–Trinajstić information content (AvgIpc) is 2.40. The minimum Gasteiger partial charge on any atom is -0.479 e. The summed E-state index contributed by atoms with van der Waals surface area (Å²) in [5, 5.41) is 19.7. The Morgan fingerprint density at radius 1 is 1.42 bits per heavy atom. The van der Waals surface area contributed by atoms with Gasteiger partial charge in [0, 0.05) is 0 Å². The molecule has 2 N–H and O–H groups in total. The molecular weight excluding hydrogens is 248 g/mol. The Bertz CT molecular complexity index is 468. The molecule has 5 nitrogen and oxygen atoms in total. The predicted octanol–water partition coefficient (Wildman–Crippen LogP) is 1.32. The first-order valence-electron chi connectivity index (χ1n) is 5.78. The van der Waals surface area contributed by atoms with Gasteiger partial charge >= 0.3 is 11.9 Å². The fourth-order valence-electron chi connectivity index (χ4n) is 1.80. The second-order valence-corrected chi connectivity index (χ2v) is 3.90. The van der Waals surface area contributed by atoms with Gasteiger partial charge in [0.1, 0.15) is 5.92 Å². The van der Waals surface area contributed by atoms with Crippen LogP contribution in [0.4, 0.5) is 0 Å². The Kier molecular flexibility index (Phi) is 4.83. The Balaban J connectivity index is 3.29. The van der Waals surface area contributed by atoms with Crippen molar-refractivity contribution < 1.29 is 24.5 Å². The van der Waals surface area contributed by atoms with E-state index in [-0.39, 0.29) is 12.2 Å². The van der Waals surface area contributed by atoms with Crippen LogP contribution >= 0.6 is 0 Å². The number of hydrogen-bond acceptors (Lipinski definition) is 4. The van der Waals surface area contributed by atoms with Crippen molar-refractivity contribution in [3.05, 3.63) is 48.6 Å². The fourth-order valence-corrected chi connectivity index (χ4v) is 1.80. The highest BCUT2D eigenvalue weighted by molar-refractivity contribution is 5.88. The van der Waals surface area contributed by atoms with E-state index in [9.17, 15) is 19.8 Å². The van der Waals surface area contributed by atoms with E-state index in [0.29, 0.717) is 0 Å². The third kappa shape index (κ3) is 2.82. The van der Waals surface area contributed by atoms with E-state index in [1.54, 1.807) is 25.1 Å². The van der Waals surface area contributed by atoms with Crippen LogP contribution in [0.5, 0.6) is 0 Å². The van der Waals surface area contributed by atoms with E-state index in [2.05, 4.69) is 6.58 Å². The van der Waals surface area contributed by atoms with Crippen molar-refractivity contribution in [3.63, 3.8) is 0 Å². The Hall–Kier alpha value is -2.14. The second-order valence-electron chi connectivity index (χ2n) is 3.90. The van der Waals surface area contributed by atoms with Crippen molar-refractivity contribution in [3.8, 4) is 0 Å². The van der Waals surface area contributed by atoms with Crippen molar-refractivity contribution in [2.45, 2.75) is 12.5 Å². The number of carbonyl (C=O) groups is 2. The van der Waals surface area contributed by atoms with Crippen LogP contribution in [0, 0.1) is 5.92 Å². The summed E-state index contributed by atoms with van der Waals surface area (Å²) in [6.07, 6.45) is 1.08. The first kappa shape index (κ1) is 14.9. The quantitative estimate of drug-likeness (QED) is 0.598. The summed E-state index contributed by atoms with van der Waals surface area (Å²) in [5.74, 6) is -3.74. The third-order valence-electron chi connectivity index (χ3n) is 2.77. The second kappa shape index (κ2) is 6.15. The Labute approximate surface area is 111 Å². The molecule has 0 saturated carbocycles. The lowest BCUT2D eigenvalue weighted by molar-refractivity contribution is -0.175. The molecule has 0 radical (unpaired) electrons. The number of esters is 1. The predicted molar refractivity (Wildman–Crippen MR) is 68.3 cm³/mol. The third-order valence-corrected chi connectivity index (χ3v) is 2.77. The maximum atomic E-state index is 11.8. The molecule has 2 atom stereocenters. The van der Waals surface area contributed by atoms with Gasteiger partial charge < -0.3 is 14.9 Å². The molecule has 5 heteroatoms. The van der Waals surface area contributed by atoms with Gasteiger partial charge in [0.2, 0.25) is 5.60 Å². The van der Waals surface area contributed by atoms with Crippen LogP contribution in [0.15, 0.2) is 43.0 Å². The lowest BCUT2D eigenvalue weighted by Crippen LogP contribution is -2.46. The summed E-state index contributed by atoms with van der Waals surface area (Å²) >= 11 is 0. The van der Waals surface area contributed by atoms with Crippen LogP contribution in [-0.4, -0.2) is 28.8 Å². The van der Waals surface area contributed by atoms with Gasteiger partial charge in [-0.2, -0.15) is 0 Å². The maximum Gasteiger partial charge on any atom is 0.341 e. The summed E-state index contributed by atoms with van der Waals surface area (Å²) < 4.78 is 4.78. The van der Waals surface area contributed by atoms with Gasteiger partial charge in [0.15, 0.2) is 0 Å². The molecule has 19 heavy (non-hydrogen) atoms. The van der Waals surface area contributed by atoms with Crippen molar-refractivity contribution in [1.29, 1.82) is 0 Å². The first-order chi connectivity index (χ1) is 8.98. The molecule has 0 aromatic heterocycles. The largest absolute Gasteiger partial charge is 0.479 e. The number of carboxylic acid groups (broad SMARTS) is 1. The van der Waals surface area contributed by atoms with Gasteiger partial charge in [0.05, 0.1) is 6.61 Å². The average molecular weight is 264 g/mol. The molecule has 0 aliphatic heterocycles. The van der Waals surface area contributed by atoms with E-state index in [1.807, 2.05) is 0 Å². The van der Waals surface area contributed by atoms with Gasteiger partial charge in [-0.15, -0.1) is 6.58 Å². The van der Waals surface area contributed by atoms with Gasteiger partial charge in [-0.3, -0.25) is 4.79 Å². The fraction of sp³-hybridized carbons (Fsp3) is 0.286. The Morgan fingerprint density at radius 3 is 2.42 bits per heavy atom. The number of rotatable bonds is 6. The number of hydrogen-bond donors (Lipinski definition) is 2. The van der Waals surface area contributed by atoms with E-state index in [4.69, 9.17) is 4.74 Å². The summed E-state index contributed by atoms with van der Waals surface area (Å²) in [4.78, 5) is 23.2. The van der Waals surface area contributed by atoms with E-state index < -0.39 is 23.5 Å². The molecule has 102 valence electrons. The number of carboxylic acids is 1. The monoisotopic (exact) mass is 264 g/mol. The zero-order chi connectivity index (χ0) is 14.5. The normalized spacial score (nSPS) is 15.1. The van der Waals surface area contributed by atoms with Gasteiger partial charge in [-0.1, -0.05) is 36.4 Å². The minimum atomic E-state index is -2.39. The Morgan fingerprint density at radius 2 is 2.00 bits per heavy atom. The van der Waals surface area contributed by atoms with Gasteiger partial charge in [-0.05, 0) is 12.5 Å². The first-order valence-corrected chi connectivity index (χ1v) is 5.78. The standard InChI is InChI=1S/C14H16O5/c1-3-11(12(15)19-4-2)14(18,13(16)17)10-8-6-5-7-9-10/h3,5-9,11,18H,1,4H2,2H3,(H,16,17)/t11-,14-/m1/s1. The zero-order valence-electron chi connectivity index (χ0n) is 10.6. The molecule has 0 aliphatic carbocycles.